The zero-order valence-electron chi connectivity index (χ0n) is 29.2. The van der Waals surface area contributed by atoms with Crippen LogP contribution in [-0.4, -0.2) is 72.5 Å². The Labute approximate surface area is 304 Å². The van der Waals surface area contributed by atoms with Crippen molar-refractivity contribution in [1.29, 1.82) is 0 Å². The van der Waals surface area contributed by atoms with Gasteiger partial charge in [0, 0.05) is 12.7 Å². The van der Waals surface area contributed by atoms with Gasteiger partial charge in [-0.05, 0) is 89.7 Å². The van der Waals surface area contributed by atoms with E-state index in [1.54, 1.807) is 22.9 Å². The predicted octanol–water partition coefficient (Wildman–Crippen LogP) is 3.61. The van der Waals surface area contributed by atoms with E-state index in [1.807, 2.05) is 20.9 Å². The summed E-state index contributed by atoms with van der Waals surface area (Å²) in [6.07, 6.45) is 12.0. The third-order valence-electron chi connectivity index (χ3n) is 9.94. The van der Waals surface area contributed by atoms with Crippen LogP contribution in [0.25, 0.3) is 0 Å². The normalized spacial score (nSPS) is 20.0. The van der Waals surface area contributed by atoms with E-state index in [1.165, 1.54) is 29.5 Å². The Morgan fingerprint density at radius 1 is 0.865 bits per heavy atom. The molecule has 4 N–H and O–H groups in total. The molecule has 1 atom stereocenters. The number of ether oxygens (including phenoxy) is 1. The van der Waals surface area contributed by atoms with Crippen LogP contribution in [0.4, 0.5) is 23.0 Å². The van der Waals surface area contributed by atoms with Crippen molar-refractivity contribution in [1.82, 2.24) is 44.6 Å². The van der Waals surface area contributed by atoms with E-state index >= 15 is 0 Å². The number of hydrogen-bond acceptors (Lipinski definition) is 12. The van der Waals surface area contributed by atoms with Crippen LogP contribution in [0.5, 0.6) is 5.75 Å². The van der Waals surface area contributed by atoms with Crippen LogP contribution in [0, 0.1) is 6.92 Å². The lowest BCUT2D eigenvalue weighted by Gasteiger charge is -2.39. The SMILES string of the molecule is CCOc1cncnc1Nc1cc(Cl)c2n(c1=O)C1(CCCCC1)NC2=O.Cc1cc(Nc2ccncn2)c(=O)n2c1C(=O)NC21CCCN(C)C1. The molecule has 1 saturated carbocycles. The summed E-state index contributed by atoms with van der Waals surface area (Å²) in [6.45, 7) is 5.71. The van der Waals surface area contributed by atoms with Gasteiger partial charge in [-0.25, -0.2) is 19.9 Å². The summed E-state index contributed by atoms with van der Waals surface area (Å²) in [5, 5.41) is 12.3. The molecule has 4 aromatic heterocycles. The molecule has 1 unspecified atom stereocenters. The number of carbonyl (C=O) groups is 2. The lowest BCUT2D eigenvalue weighted by molar-refractivity contribution is 0.0755. The highest BCUT2D eigenvalue weighted by molar-refractivity contribution is 6.34. The minimum absolute atomic E-state index is 0.182. The topological polar surface area (TPSA) is 190 Å². The highest BCUT2D eigenvalue weighted by atomic mass is 35.5. The number of pyridine rings is 2. The molecular weight excluding hydrogens is 690 g/mol. The van der Waals surface area contributed by atoms with E-state index in [-0.39, 0.29) is 39.3 Å². The van der Waals surface area contributed by atoms with Gasteiger partial charge in [-0.3, -0.25) is 28.3 Å². The first-order valence-corrected chi connectivity index (χ1v) is 17.7. The standard InChI is InChI=1S/C18H20ClN5O3.C17H20N6O2/c1-2-27-13-9-20-10-21-15(13)22-12-8-11(19)14-16(25)23-18(24(14)17(12)26)6-4-3-5-7-18;1-11-8-12(20-13-4-6-18-10-19-13)16(25)23-14(11)15(24)21-17(23)5-3-7-22(2)9-17/h8-10H,2-7H2,1H3,(H,23,25)(H,20,21,22);4,6,8,10H,3,5,7,9H2,1-2H3,(H,21,24)(H,18,19,20). The van der Waals surface area contributed by atoms with Gasteiger partial charge in [-0.15, -0.1) is 0 Å². The fourth-order valence-corrected chi connectivity index (χ4v) is 8.07. The van der Waals surface area contributed by atoms with Crippen LogP contribution in [0.1, 0.15) is 78.4 Å². The summed E-state index contributed by atoms with van der Waals surface area (Å²) in [5.41, 5.74) is 0.189. The third-order valence-corrected chi connectivity index (χ3v) is 10.2. The average molecular weight is 730 g/mol. The molecule has 2 spiro atoms. The molecule has 272 valence electrons. The second-order valence-electron chi connectivity index (χ2n) is 13.5. The second kappa shape index (κ2) is 14.0. The summed E-state index contributed by atoms with van der Waals surface area (Å²) >= 11 is 6.39. The van der Waals surface area contributed by atoms with Crippen molar-refractivity contribution in [2.24, 2.45) is 0 Å². The van der Waals surface area contributed by atoms with Gasteiger partial charge < -0.3 is 30.9 Å². The molecule has 17 heteroatoms. The number of aromatic nitrogens is 6. The number of likely N-dealkylation sites (tertiary alicyclic amines) is 1. The predicted molar refractivity (Wildman–Crippen MR) is 194 cm³/mol. The lowest BCUT2D eigenvalue weighted by Crippen LogP contribution is -2.57. The molecular formula is C35H40ClN11O5. The number of nitrogens with zero attached hydrogens (tertiary/aromatic N) is 7. The Morgan fingerprint density at radius 3 is 2.25 bits per heavy atom. The minimum atomic E-state index is -0.697. The molecule has 3 aliphatic heterocycles. The first-order valence-electron chi connectivity index (χ1n) is 17.4. The molecule has 0 radical (unpaired) electrons. The number of halogens is 1. The van der Waals surface area contributed by atoms with Gasteiger partial charge >= 0.3 is 0 Å². The molecule has 8 rings (SSSR count). The fraction of sp³-hybridized carbons (Fsp3) is 0.429. The Balaban J connectivity index is 0.000000162. The number of piperidine rings is 1. The molecule has 4 aromatic rings. The molecule has 1 aliphatic carbocycles. The molecule has 7 heterocycles. The van der Waals surface area contributed by atoms with E-state index in [2.05, 4.69) is 46.1 Å². The van der Waals surface area contributed by atoms with Crippen LogP contribution in [0.2, 0.25) is 5.02 Å². The molecule has 16 nitrogen and oxygen atoms in total. The first kappa shape index (κ1) is 35.1. The van der Waals surface area contributed by atoms with E-state index in [4.69, 9.17) is 16.3 Å². The number of aryl methyl sites for hydroxylation is 1. The molecule has 2 amide bonds. The number of rotatable bonds is 6. The van der Waals surface area contributed by atoms with Crippen molar-refractivity contribution < 1.29 is 14.3 Å². The summed E-state index contributed by atoms with van der Waals surface area (Å²) in [5.74, 6) is 0.860. The largest absolute Gasteiger partial charge is 0.488 e. The summed E-state index contributed by atoms with van der Waals surface area (Å²) in [6, 6.07) is 4.87. The fourth-order valence-electron chi connectivity index (χ4n) is 7.79. The number of anilines is 4. The van der Waals surface area contributed by atoms with E-state index in [9.17, 15) is 19.2 Å². The van der Waals surface area contributed by atoms with Crippen LogP contribution < -0.4 is 37.1 Å². The zero-order valence-corrected chi connectivity index (χ0v) is 29.9. The average Bonchev–Trinajstić information content (AvgIpc) is 3.57. The quantitative estimate of drug-likeness (QED) is 0.226. The highest BCUT2D eigenvalue weighted by Crippen LogP contribution is 2.39. The minimum Gasteiger partial charge on any atom is -0.488 e. The molecule has 4 aliphatic rings. The van der Waals surface area contributed by atoms with Crippen molar-refractivity contribution in [3.8, 4) is 5.75 Å². The molecule has 0 bridgehead atoms. The lowest BCUT2D eigenvalue weighted by atomic mass is 9.89. The second-order valence-corrected chi connectivity index (χ2v) is 13.9. The van der Waals surface area contributed by atoms with Crippen LogP contribution in [0.15, 0.2) is 52.8 Å². The van der Waals surface area contributed by atoms with Crippen molar-refractivity contribution in [2.75, 3.05) is 37.4 Å². The summed E-state index contributed by atoms with van der Waals surface area (Å²) in [4.78, 5) is 69.7. The van der Waals surface area contributed by atoms with Gasteiger partial charge in [0.05, 0.1) is 17.8 Å². The number of amides is 2. The summed E-state index contributed by atoms with van der Waals surface area (Å²) < 4.78 is 8.67. The van der Waals surface area contributed by atoms with Gasteiger partial charge in [0.2, 0.25) is 0 Å². The first-order chi connectivity index (χ1) is 25.1. The van der Waals surface area contributed by atoms with E-state index < -0.39 is 11.3 Å². The zero-order chi connectivity index (χ0) is 36.6. The van der Waals surface area contributed by atoms with Crippen LogP contribution in [0.3, 0.4) is 0 Å². The maximum Gasteiger partial charge on any atom is 0.276 e. The van der Waals surface area contributed by atoms with Crippen molar-refractivity contribution in [2.45, 2.75) is 70.1 Å². The van der Waals surface area contributed by atoms with Gasteiger partial charge in [0.25, 0.3) is 22.9 Å². The van der Waals surface area contributed by atoms with Gasteiger partial charge in [-0.2, -0.15) is 0 Å². The van der Waals surface area contributed by atoms with Crippen LogP contribution >= 0.6 is 11.6 Å². The molecule has 52 heavy (non-hydrogen) atoms. The maximum atomic E-state index is 13.3. The summed E-state index contributed by atoms with van der Waals surface area (Å²) in [7, 11) is 2.01. The van der Waals surface area contributed by atoms with Crippen molar-refractivity contribution >= 4 is 46.4 Å². The van der Waals surface area contributed by atoms with Crippen molar-refractivity contribution in [3.05, 3.63) is 85.9 Å². The Morgan fingerprint density at radius 2 is 1.54 bits per heavy atom. The van der Waals surface area contributed by atoms with Crippen molar-refractivity contribution in [3.63, 3.8) is 0 Å². The van der Waals surface area contributed by atoms with Gasteiger partial charge in [0.1, 0.15) is 52.6 Å². The van der Waals surface area contributed by atoms with Crippen LogP contribution in [-0.2, 0) is 11.3 Å². The number of nitrogens with one attached hydrogen (secondary N) is 4. The van der Waals surface area contributed by atoms with Gasteiger partial charge in [0.15, 0.2) is 11.6 Å². The Kier molecular flexibility index (Phi) is 9.44. The van der Waals surface area contributed by atoms with E-state index in [0.29, 0.717) is 54.8 Å². The maximum absolute atomic E-state index is 13.3. The highest BCUT2D eigenvalue weighted by Gasteiger charge is 2.47. The Bertz CT molecular complexity index is 2150. The number of carbonyl (C=O) groups excluding carboxylic acids is 2. The van der Waals surface area contributed by atoms with Gasteiger partial charge in [-0.1, -0.05) is 18.0 Å². The molecule has 1 saturated heterocycles. The van der Waals surface area contributed by atoms with E-state index in [0.717, 1.165) is 44.2 Å². The molecule has 2 fully saturated rings. The Hall–Kier alpha value is -5.35. The number of fused-ring (bicyclic) bond motifs is 4. The molecule has 0 aromatic carbocycles. The third kappa shape index (κ3) is 6.25. The smallest absolute Gasteiger partial charge is 0.276 e. The monoisotopic (exact) mass is 729 g/mol. The number of hydrogen-bond donors (Lipinski definition) is 4. The number of likely N-dealkylation sites (N-methyl/N-ethyl adjacent to an activating group) is 1.